The summed E-state index contributed by atoms with van der Waals surface area (Å²) in [7, 11) is 0. The quantitative estimate of drug-likeness (QED) is 0.649. The van der Waals surface area contributed by atoms with Gasteiger partial charge < -0.3 is 9.15 Å². The number of hydrogen-bond donors (Lipinski definition) is 0. The van der Waals surface area contributed by atoms with Crippen molar-refractivity contribution in [3.05, 3.63) is 72.5 Å². The lowest BCUT2D eigenvalue weighted by atomic mass is 9.98. The molecule has 0 radical (unpaired) electrons. The van der Waals surface area contributed by atoms with E-state index in [0.717, 1.165) is 16.7 Å². The molecular weight excluding hydrogens is 276 g/mol. The van der Waals surface area contributed by atoms with E-state index in [1.807, 2.05) is 60.7 Å². The van der Waals surface area contributed by atoms with Crippen LogP contribution in [0.25, 0.3) is 22.5 Å². The van der Waals surface area contributed by atoms with Crippen molar-refractivity contribution in [3.8, 4) is 22.5 Å². The third kappa shape index (κ3) is 2.66. The fourth-order valence-corrected chi connectivity index (χ4v) is 2.41. The molecule has 0 saturated heterocycles. The largest absolute Gasteiger partial charge is 0.463 e. The van der Waals surface area contributed by atoms with E-state index in [0.29, 0.717) is 17.9 Å². The summed E-state index contributed by atoms with van der Waals surface area (Å²) in [6.07, 6.45) is 1.47. The van der Waals surface area contributed by atoms with E-state index in [1.165, 1.54) is 6.26 Å². The van der Waals surface area contributed by atoms with E-state index in [1.54, 1.807) is 6.92 Å². The Labute approximate surface area is 129 Å². The van der Waals surface area contributed by atoms with Crippen LogP contribution in [0.5, 0.6) is 0 Å². The highest BCUT2D eigenvalue weighted by atomic mass is 16.5. The van der Waals surface area contributed by atoms with Crippen molar-refractivity contribution < 1.29 is 13.9 Å². The Morgan fingerprint density at radius 2 is 1.55 bits per heavy atom. The molecule has 3 heteroatoms. The van der Waals surface area contributed by atoms with Gasteiger partial charge >= 0.3 is 5.97 Å². The van der Waals surface area contributed by atoms with Crippen molar-refractivity contribution in [1.29, 1.82) is 0 Å². The molecule has 1 heterocycles. The molecule has 3 nitrogen and oxygen atoms in total. The molecule has 110 valence electrons. The van der Waals surface area contributed by atoms with Crippen LogP contribution in [-0.2, 0) is 4.74 Å². The van der Waals surface area contributed by atoms with Gasteiger partial charge in [-0.2, -0.15) is 0 Å². The number of carbonyl (C=O) groups excluding carboxylic acids is 1. The second-order valence-corrected chi connectivity index (χ2v) is 4.81. The maximum atomic E-state index is 12.2. The third-order valence-corrected chi connectivity index (χ3v) is 3.38. The molecule has 0 atom stereocenters. The zero-order chi connectivity index (χ0) is 15.4. The Balaban J connectivity index is 2.18. The zero-order valence-corrected chi connectivity index (χ0v) is 12.3. The SMILES string of the molecule is CCOC(=O)c1coc(-c2ccccc2)c1-c1ccccc1. The summed E-state index contributed by atoms with van der Waals surface area (Å²) in [6.45, 7) is 2.12. The van der Waals surface area contributed by atoms with Crippen molar-refractivity contribution >= 4 is 5.97 Å². The first-order valence-corrected chi connectivity index (χ1v) is 7.20. The average molecular weight is 292 g/mol. The molecule has 0 aliphatic carbocycles. The highest BCUT2D eigenvalue weighted by molar-refractivity contribution is 6.01. The molecule has 0 bridgehead atoms. The first-order chi connectivity index (χ1) is 10.8. The fourth-order valence-electron chi connectivity index (χ4n) is 2.41. The van der Waals surface area contributed by atoms with E-state index in [-0.39, 0.29) is 5.97 Å². The van der Waals surface area contributed by atoms with Gasteiger partial charge in [-0.05, 0) is 12.5 Å². The second-order valence-electron chi connectivity index (χ2n) is 4.81. The van der Waals surface area contributed by atoms with Crippen molar-refractivity contribution in [2.24, 2.45) is 0 Å². The number of esters is 1. The molecule has 0 fully saturated rings. The second kappa shape index (κ2) is 6.31. The Hall–Kier alpha value is -2.81. The highest BCUT2D eigenvalue weighted by Gasteiger charge is 2.22. The summed E-state index contributed by atoms with van der Waals surface area (Å²) in [5.74, 6) is 0.308. The molecule has 0 amide bonds. The normalized spacial score (nSPS) is 10.4. The lowest BCUT2D eigenvalue weighted by Crippen LogP contribution is -2.04. The molecule has 0 saturated carbocycles. The summed E-state index contributed by atoms with van der Waals surface area (Å²) in [4.78, 5) is 12.2. The van der Waals surface area contributed by atoms with Gasteiger partial charge in [0.15, 0.2) is 0 Å². The third-order valence-electron chi connectivity index (χ3n) is 3.38. The number of carbonyl (C=O) groups is 1. The van der Waals surface area contributed by atoms with Gasteiger partial charge in [0.25, 0.3) is 0 Å². The lowest BCUT2D eigenvalue weighted by molar-refractivity contribution is 0.0526. The topological polar surface area (TPSA) is 39.4 Å². The predicted molar refractivity (Wildman–Crippen MR) is 85.5 cm³/mol. The van der Waals surface area contributed by atoms with E-state index >= 15 is 0 Å². The van der Waals surface area contributed by atoms with Crippen LogP contribution in [0.2, 0.25) is 0 Å². The van der Waals surface area contributed by atoms with Crippen LogP contribution in [0.1, 0.15) is 17.3 Å². The van der Waals surface area contributed by atoms with Gasteiger partial charge in [0.05, 0.1) is 6.61 Å². The minimum atomic E-state index is -0.368. The summed E-state index contributed by atoms with van der Waals surface area (Å²) < 4.78 is 10.8. The summed E-state index contributed by atoms with van der Waals surface area (Å²) in [5, 5.41) is 0. The summed E-state index contributed by atoms with van der Waals surface area (Å²) in [6, 6.07) is 19.5. The van der Waals surface area contributed by atoms with Crippen molar-refractivity contribution in [2.75, 3.05) is 6.61 Å². The molecule has 1 aromatic heterocycles. The van der Waals surface area contributed by atoms with Crippen LogP contribution in [0.15, 0.2) is 71.3 Å². The monoisotopic (exact) mass is 292 g/mol. The van der Waals surface area contributed by atoms with Crippen molar-refractivity contribution in [3.63, 3.8) is 0 Å². The Morgan fingerprint density at radius 1 is 0.955 bits per heavy atom. The molecule has 3 rings (SSSR count). The Morgan fingerprint density at radius 3 is 2.14 bits per heavy atom. The minimum absolute atomic E-state index is 0.332. The molecule has 2 aromatic carbocycles. The van der Waals surface area contributed by atoms with E-state index in [4.69, 9.17) is 9.15 Å². The number of benzene rings is 2. The predicted octanol–water partition coefficient (Wildman–Crippen LogP) is 4.79. The first-order valence-electron chi connectivity index (χ1n) is 7.20. The summed E-state index contributed by atoms with van der Waals surface area (Å²) >= 11 is 0. The van der Waals surface area contributed by atoms with Crippen LogP contribution in [-0.4, -0.2) is 12.6 Å². The fraction of sp³-hybridized carbons (Fsp3) is 0.105. The number of furan rings is 1. The molecule has 0 unspecified atom stereocenters. The van der Waals surface area contributed by atoms with Crippen molar-refractivity contribution in [1.82, 2.24) is 0 Å². The van der Waals surface area contributed by atoms with Gasteiger partial charge in [0.2, 0.25) is 0 Å². The van der Waals surface area contributed by atoms with Crippen LogP contribution in [0.4, 0.5) is 0 Å². The Bertz CT molecular complexity index is 758. The molecule has 0 aliphatic rings. The van der Waals surface area contributed by atoms with Gasteiger partial charge in [-0.1, -0.05) is 60.7 Å². The number of ether oxygens (including phenoxy) is 1. The standard InChI is InChI=1S/C19H16O3/c1-2-21-19(20)16-13-22-18(15-11-7-4-8-12-15)17(16)14-9-5-3-6-10-14/h3-13H,2H2,1H3. The summed E-state index contributed by atoms with van der Waals surface area (Å²) in [5.41, 5.74) is 3.08. The zero-order valence-electron chi connectivity index (χ0n) is 12.3. The van der Waals surface area contributed by atoms with Gasteiger partial charge in [-0.15, -0.1) is 0 Å². The minimum Gasteiger partial charge on any atom is -0.463 e. The highest BCUT2D eigenvalue weighted by Crippen LogP contribution is 2.36. The van der Waals surface area contributed by atoms with Gasteiger partial charge in [-0.25, -0.2) is 4.79 Å². The van der Waals surface area contributed by atoms with E-state index in [2.05, 4.69) is 0 Å². The van der Waals surface area contributed by atoms with Gasteiger partial charge in [-0.3, -0.25) is 0 Å². The van der Waals surface area contributed by atoms with Crippen LogP contribution < -0.4 is 0 Å². The van der Waals surface area contributed by atoms with Crippen molar-refractivity contribution in [2.45, 2.75) is 6.92 Å². The van der Waals surface area contributed by atoms with Gasteiger partial charge in [0.1, 0.15) is 17.6 Å². The maximum absolute atomic E-state index is 12.2. The van der Waals surface area contributed by atoms with Crippen LogP contribution >= 0.6 is 0 Å². The molecule has 0 N–H and O–H groups in total. The lowest BCUT2D eigenvalue weighted by Gasteiger charge is -2.06. The van der Waals surface area contributed by atoms with Gasteiger partial charge in [0, 0.05) is 11.1 Å². The van der Waals surface area contributed by atoms with E-state index < -0.39 is 0 Å². The smallest absolute Gasteiger partial charge is 0.342 e. The molecule has 0 spiro atoms. The first kappa shape index (κ1) is 14.1. The number of hydrogen-bond acceptors (Lipinski definition) is 3. The molecule has 3 aromatic rings. The van der Waals surface area contributed by atoms with Crippen LogP contribution in [0.3, 0.4) is 0 Å². The molecule has 22 heavy (non-hydrogen) atoms. The Kier molecular flexibility index (Phi) is 4.05. The molecule has 0 aliphatic heterocycles. The van der Waals surface area contributed by atoms with Crippen LogP contribution in [0, 0.1) is 0 Å². The maximum Gasteiger partial charge on any atom is 0.342 e. The molecular formula is C19H16O3. The average Bonchev–Trinajstić information content (AvgIpc) is 3.02. The number of rotatable bonds is 4. The van der Waals surface area contributed by atoms with E-state index in [9.17, 15) is 4.79 Å².